The maximum absolute atomic E-state index is 14.2. The van der Waals surface area contributed by atoms with Crippen molar-refractivity contribution in [3.8, 4) is 0 Å². The minimum Gasteiger partial charge on any atom is -0.436 e. The maximum Gasteiger partial charge on any atom is 0.410 e. The van der Waals surface area contributed by atoms with E-state index in [0.29, 0.717) is 51.6 Å². The van der Waals surface area contributed by atoms with Crippen molar-refractivity contribution >= 4 is 34.8 Å². The van der Waals surface area contributed by atoms with Gasteiger partial charge < -0.3 is 34.8 Å². The number of rotatable bonds is 6. The zero-order valence-electron chi connectivity index (χ0n) is 29.2. The molecule has 2 aromatic carbocycles. The number of piperidine rings is 3. The number of amides is 4. The molecule has 4 aliphatic rings. The van der Waals surface area contributed by atoms with Crippen LogP contribution in [0.3, 0.4) is 0 Å². The van der Waals surface area contributed by atoms with E-state index in [0.717, 1.165) is 78.6 Å². The summed E-state index contributed by atoms with van der Waals surface area (Å²) < 4.78 is 6.12. The average molecular weight is 684 g/mol. The number of carbonyl (C=O) groups excluding carboxylic acids is 3. The van der Waals surface area contributed by atoms with Crippen molar-refractivity contribution in [2.24, 2.45) is 0 Å². The molecule has 0 aliphatic carbocycles. The van der Waals surface area contributed by atoms with Crippen LogP contribution in [0.15, 0.2) is 48.8 Å². The largest absolute Gasteiger partial charge is 0.436 e. The first-order valence-corrected chi connectivity index (χ1v) is 18.2. The van der Waals surface area contributed by atoms with Gasteiger partial charge in [-0.2, -0.15) is 0 Å². The molecule has 1 aromatic heterocycles. The number of aliphatic hydroxyl groups is 1. The molecule has 266 valence electrons. The molecule has 0 unspecified atom stereocenters. The number of para-hydroxylation sites is 1. The lowest BCUT2D eigenvalue weighted by Crippen LogP contribution is -2.54. The quantitative estimate of drug-likeness (QED) is 0.392. The van der Waals surface area contributed by atoms with Crippen molar-refractivity contribution < 1.29 is 24.2 Å². The molecular weight excluding hydrogens is 634 g/mol. The van der Waals surface area contributed by atoms with E-state index in [9.17, 15) is 19.5 Å². The molecule has 3 saturated heterocycles. The Morgan fingerprint density at radius 2 is 1.62 bits per heavy atom. The van der Waals surface area contributed by atoms with Gasteiger partial charge in [0.2, 0.25) is 0 Å². The molecule has 12 nitrogen and oxygen atoms in total. The van der Waals surface area contributed by atoms with E-state index in [1.807, 2.05) is 60.0 Å². The number of aryl methyl sites for hydroxylation is 1. The van der Waals surface area contributed by atoms with Crippen LogP contribution in [0.25, 0.3) is 11.0 Å². The number of fused-ring (bicyclic) bond motifs is 2. The monoisotopic (exact) mass is 683 g/mol. The highest BCUT2D eigenvalue weighted by Gasteiger charge is 2.37. The highest BCUT2D eigenvalue weighted by molar-refractivity contribution is 5.91. The Labute approximate surface area is 293 Å². The number of urea groups is 1. The fourth-order valence-corrected chi connectivity index (χ4v) is 8.15. The summed E-state index contributed by atoms with van der Waals surface area (Å²) in [6.07, 6.45) is 7.35. The van der Waals surface area contributed by atoms with Gasteiger partial charge in [0.05, 0.1) is 16.6 Å². The van der Waals surface area contributed by atoms with E-state index in [2.05, 4.69) is 20.2 Å². The Morgan fingerprint density at radius 3 is 2.38 bits per heavy atom. The van der Waals surface area contributed by atoms with Crippen molar-refractivity contribution in [3.63, 3.8) is 0 Å². The predicted molar refractivity (Wildman–Crippen MR) is 190 cm³/mol. The van der Waals surface area contributed by atoms with Gasteiger partial charge in [-0.3, -0.25) is 14.8 Å². The molecule has 0 spiro atoms. The van der Waals surface area contributed by atoms with Gasteiger partial charge in [-0.15, -0.1) is 0 Å². The third-order valence-corrected chi connectivity index (χ3v) is 11.2. The lowest BCUT2D eigenvalue weighted by molar-refractivity contribution is -0.142. The van der Waals surface area contributed by atoms with Crippen molar-refractivity contribution in [3.05, 3.63) is 65.5 Å². The lowest BCUT2D eigenvalue weighted by atomic mass is 9.91. The molecule has 5 heterocycles. The lowest BCUT2D eigenvalue weighted by Gasteiger charge is -2.43. The standard InChI is InChI=1S/C38H49N7O5/c1-26-23-27(24-32-34(26)40-15-14-39-32)25-33(35(46)43-16-8-29(9-17-43)42-21-12-38(2,49)13-22-42)50-37(48)44-18-10-30(11-19-44)45-20-7-28-5-3-4-6-31(28)41-36(45)47/h3-6,14-15,23-24,29-30,33,49H,7-13,16-22,25H2,1-2H3,(H,41,47)/t33-/m1/s1. The van der Waals surface area contributed by atoms with Crippen molar-refractivity contribution in [2.45, 2.75) is 89.0 Å². The molecule has 4 amide bonds. The molecular formula is C38H49N7O5. The predicted octanol–water partition coefficient (Wildman–Crippen LogP) is 4.38. The SMILES string of the molecule is Cc1cc(C[C@@H](OC(=O)N2CCC(N3CCc4ccccc4NC3=O)CC2)C(=O)N2CCC(N3CCC(C)(O)CC3)CC2)cc2nccnc12. The number of anilines is 1. The molecule has 3 fully saturated rings. The van der Waals surface area contributed by atoms with Crippen molar-refractivity contribution in [1.29, 1.82) is 0 Å². The average Bonchev–Trinajstić information content (AvgIpc) is 3.29. The minimum atomic E-state index is -0.981. The number of nitrogens with one attached hydrogen (secondary N) is 1. The first-order chi connectivity index (χ1) is 24.1. The minimum absolute atomic E-state index is 0.0137. The van der Waals surface area contributed by atoms with E-state index in [1.165, 1.54) is 0 Å². The number of aromatic nitrogens is 2. The van der Waals surface area contributed by atoms with Gasteiger partial charge >= 0.3 is 12.1 Å². The highest BCUT2D eigenvalue weighted by Crippen LogP contribution is 2.28. The second kappa shape index (κ2) is 14.5. The zero-order valence-corrected chi connectivity index (χ0v) is 29.2. The molecule has 4 aliphatic heterocycles. The van der Waals surface area contributed by atoms with Gasteiger partial charge in [-0.25, -0.2) is 9.59 Å². The van der Waals surface area contributed by atoms with Gasteiger partial charge in [0.1, 0.15) is 0 Å². The normalized spacial score (nSPS) is 21.3. The van der Waals surface area contributed by atoms with Crippen LogP contribution in [0.4, 0.5) is 15.3 Å². The Bertz CT molecular complexity index is 1710. The van der Waals surface area contributed by atoms with Crippen LogP contribution >= 0.6 is 0 Å². The van der Waals surface area contributed by atoms with Gasteiger partial charge in [-0.05, 0) is 87.6 Å². The van der Waals surface area contributed by atoms with Crippen LogP contribution in [0.2, 0.25) is 0 Å². The molecule has 50 heavy (non-hydrogen) atoms. The number of ether oxygens (including phenoxy) is 1. The van der Waals surface area contributed by atoms with Crippen molar-refractivity contribution in [2.75, 3.05) is 51.1 Å². The van der Waals surface area contributed by atoms with E-state index >= 15 is 0 Å². The number of hydrogen-bond donors (Lipinski definition) is 2. The van der Waals surface area contributed by atoms with Gasteiger partial charge in [0, 0.05) is 82.4 Å². The topological polar surface area (TPSA) is 131 Å². The van der Waals surface area contributed by atoms with Gasteiger partial charge in [0.15, 0.2) is 6.10 Å². The smallest absolute Gasteiger partial charge is 0.410 e. The second-order valence-electron chi connectivity index (χ2n) is 14.8. The fraction of sp³-hybridized carbons (Fsp3) is 0.553. The van der Waals surface area contributed by atoms with E-state index in [1.54, 1.807) is 17.3 Å². The number of benzene rings is 2. The third-order valence-electron chi connectivity index (χ3n) is 11.2. The van der Waals surface area contributed by atoms with E-state index < -0.39 is 17.8 Å². The fourth-order valence-electron chi connectivity index (χ4n) is 8.15. The Balaban J connectivity index is 1.00. The molecule has 12 heteroatoms. The van der Waals surface area contributed by atoms with E-state index in [-0.39, 0.29) is 24.4 Å². The summed E-state index contributed by atoms with van der Waals surface area (Å²) in [5.74, 6) is -0.175. The van der Waals surface area contributed by atoms with Crippen LogP contribution < -0.4 is 5.32 Å². The molecule has 3 aromatic rings. The van der Waals surface area contributed by atoms with Crippen LogP contribution in [0, 0.1) is 6.92 Å². The van der Waals surface area contributed by atoms with E-state index in [4.69, 9.17) is 4.74 Å². The molecule has 1 atom stereocenters. The second-order valence-corrected chi connectivity index (χ2v) is 14.8. The Morgan fingerprint density at radius 1 is 0.940 bits per heavy atom. The summed E-state index contributed by atoms with van der Waals surface area (Å²) in [5, 5.41) is 13.5. The molecule has 7 rings (SSSR count). The molecule has 0 bridgehead atoms. The Hall–Kier alpha value is -4.29. The summed E-state index contributed by atoms with van der Waals surface area (Å²) in [4.78, 5) is 57.8. The van der Waals surface area contributed by atoms with Crippen LogP contribution in [-0.2, 0) is 22.4 Å². The number of nitrogens with zero attached hydrogens (tertiary/aromatic N) is 6. The van der Waals surface area contributed by atoms with Crippen LogP contribution in [-0.4, -0.2) is 122 Å². The number of hydrogen-bond acceptors (Lipinski definition) is 8. The third kappa shape index (κ3) is 7.56. The summed E-state index contributed by atoms with van der Waals surface area (Å²) in [5.41, 5.74) is 4.75. The molecule has 2 N–H and O–H groups in total. The molecule has 0 radical (unpaired) electrons. The van der Waals surface area contributed by atoms with Gasteiger partial charge in [-0.1, -0.05) is 24.3 Å². The summed E-state index contributed by atoms with van der Waals surface area (Å²) in [7, 11) is 0. The summed E-state index contributed by atoms with van der Waals surface area (Å²) >= 11 is 0. The number of carbonyl (C=O) groups is 3. The zero-order chi connectivity index (χ0) is 34.8. The Kier molecular flexibility index (Phi) is 9.92. The van der Waals surface area contributed by atoms with Gasteiger partial charge in [0.25, 0.3) is 5.91 Å². The maximum atomic E-state index is 14.2. The molecule has 0 saturated carbocycles. The first kappa shape index (κ1) is 34.2. The highest BCUT2D eigenvalue weighted by atomic mass is 16.6. The van der Waals surface area contributed by atoms with Crippen molar-refractivity contribution in [1.82, 2.24) is 29.6 Å². The summed E-state index contributed by atoms with van der Waals surface area (Å²) in [6.45, 7) is 8.32. The van der Waals surface area contributed by atoms with Crippen LogP contribution in [0.5, 0.6) is 0 Å². The first-order valence-electron chi connectivity index (χ1n) is 18.2. The summed E-state index contributed by atoms with van der Waals surface area (Å²) in [6, 6.07) is 12.1. The number of likely N-dealkylation sites (tertiary alicyclic amines) is 3. The van der Waals surface area contributed by atoms with Crippen LogP contribution in [0.1, 0.15) is 62.1 Å².